The van der Waals surface area contributed by atoms with Crippen molar-refractivity contribution in [3.8, 4) is 0 Å². The summed E-state index contributed by atoms with van der Waals surface area (Å²) in [6.07, 6.45) is 0.0370. The third-order valence-corrected chi connectivity index (χ3v) is 3.92. The second-order valence-corrected chi connectivity index (χ2v) is 5.48. The standard InChI is InChI=1S/C8H15NO3S/c1-7(2)6-13(11,12)9-4-3-8(10)5-9/h8,10H,1,3-6H2,2H3/t8-/m0/s1. The van der Waals surface area contributed by atoms with Crippen LogP contribution in [0.1, 0.15) is 13.3 Å². The zero-order valence-corrected chi connectivity index (χ0v) is 8.55. The molecule has 1 saturated heterocycles. The molecule has 0 amide bonds. The maximum Gasteiger partial charge on any atom is 0.218 e. The van der Waals surface area contributed by atoms with Gasteiger partial charge in [-0.2, -0.15) is 4.31 Å². The van der Waals surface area contributed by atoms with Gasteiger partial charge in [-0.3, -0.25) is 0 Å². The van der Waals surface area contributed by atoms with E-state index in [0.717, 1.165) is 0 Å². The van der Waals surface area contributed by atoms with Crippen molar-refractivity contribution in [1.82, 2.24) is 4.31 Å². The van der Waals surface area contributed by atoms with Crippen molar-refractivity contribution in [3.05, 3.63) is 12.2 Å². The molecule has 1 rings (SSSR count). The Morgan fingerprint density at radius 3 is 2.69 bits per heavy atom. The quantitative estimate of drug-likeness (QED) is 0.658. The van der Waals surface area contributed by atoms with Crippen molar-refractivity contribution < 1.29 is 13.5 Å². The molecule has 5 heteroatoms. The Hall–Kier alpha value is -0.390. The molecule has 0 bridgehead atoms. The molecule has 76 valence electrons. The van der Waals surface area contributed by atoms with Gasteiger partial charge in [-0.25, -0.2) is 8.42 Å². The van der Waals surface area contributed by atoms with Crippen molar-refractivity contribution in [2.75, 3.05) is 18.8 Å². The minimum atomic E-state index is -3.22. The van der Waals surface area contributed by atoms with Crippen LogP contribution in [0.25, 0.3) is 0 Å². The van der Waals surface area contributed by atoms with Gasteiger partial charge >= 0.3 is 0 Å². The Bertz CT molecular complexity index is 297. The van der Waals surface area contributed by atoms with E-state index in [1.54, 1.807) is 6.92 Å². The minimum Gasteiger partial charge on any atom is -0.392 e. The summed E-state index contributed by atoms with van der Waals surface area (Å²) in [6.45, 7) is 5.91. The number of hydrogen-bond donors (Lipinski definition) is 1. The first-order chi connectivity index (χ1) is 5.92. The lowest BCUT2D eigenvalue weighted by atomic mass is 10.3. The van der Waals surface area contributed by atoms with Gasteiger partial charge in [0, 0.05) is 13.1 Å². The SMILES string of the molecule is C=C(C)CS(=O)(=O)N1CC[C@H](O)C1. The maximum absolute atomic E-state index is 11.5. The number of sulfonamides is 1. The second kappa shape index (κ2) is 3.77. The summed E-state index contributed by atoms with van der Waals surface area (Å²) in [4.78, 5) is 0. The normalized spacial score (nSPS) is 24.9. The van der Waals surface area contributed by atoms with E-state index >= 15 is 0 Å². The predicted molar refractivity (Wildman–Crippen MR) is 50.8 cm³/mol. The van der Waals surface area contributed by atoms with Crippen LogP contribution in [-0.4, -0.2) is 42.8 Å². The van der Waals surface area contributed by atoms with Gasteiger partial charge in [-0.15, -0.1) is 0 Å². The number of aliphatic hydroxyl groups is 1. The van der Waals surface area contributed by atoms with Crippen molar-refractivity contribution in [3.63, 3.8) is 0 Å². The molecule has 1 aliphatic rings. The molecule has 0 aliphatic carbocycles. The molecule has 1 aliphatic heterocycles. The summed E-state index contributed by atoms with van der Waals surface area (Å²) in [5.74, 6) is -0.0142. The van der Waals surface area contributed by atoms with Gasteiger partial charge in [0.15, 0.2) is 0 Å². The van der Waals surface area contributed by atoms with Crippen LogP contribution in [0.3, 0.4) is 0 Å². The molecule has 0 aromatic carbocycles. The predicted octanol–water partition coefficient (Wildman–Crippen LogP) is -0.0411. The first-order valence-electron chi connectivity index (χ1n) is 4.22. The largest absolute Gasteiger partial charge is 0.392 e. The minimum absolute atomic E-state index is 0.0142. The summed E-state index contributed by atoms with van der Waals surface area (Å²) in [7, 11) is -3.22. The van der Waals surface area contributed by atoms with Crippen LogP contribution in [0.15, 0.2) is 12.2 Å². The topological polar surface area (TPSA) is 57.6 Å². The third-order valence-electron chi connectivity index (χ3n) is 1.95. The van der Waals surface area contributed by atoms with Gasteiger partial charge in [0.2, 0.25) is 10.0 Å². The second-order valence-electron chi connectivity index (χ2n) is 3.51. The molecule has 0 radical (unpaired) electrons. The smallest absolute Gasteiger partial charge is 0.218 e. The van der Waals surface area contributed by atoms with Gasteiger partial charge in [-0.1, -0.05) is 12.2 Å². The van der Waals surface area contributed by atoms with Crippen LogP contribution < -0.4 is 0 Å². The number of rotatable bonds is 3. The van der Waals surface area contributed by atoms with Crippen molar-refractivity contribution in [1.29, 1.82) is 0 Å². The van der Waals surface area contributed by atoms with Crippen molar-refractivity contribution in [2.24, 2.45) is 0 Å². The molecule has 1 N–H and O–H groups in total. The lowest BCUT2D eigenvalue weighted by Crippen LogP contribution is -2.31. The van der Waals surface area contributed by atoms with Gasteiger partial charge < -0.3 is 5.11 Å². The first kappa shape index (κ1) is 10.7. The molecule has 1 atom stereocenters. The van der Waals surface area contributed by atoms with E-state index in [-0.39, 0.29) is 12.3 Å². The van der Waals surface area contributed by atoms with Crippen molar-refractivity contribution >= 4 is 10.0 Å². The molecule has 1 fully saturated rings. The molecular weight excluding hydrogens is 190 g/mol. The average Bonchev–Trinajstić information content (AvgIpc) is 2.32. The molecule has 13 heavy (non-hydrogen) atoms. The fraction of sp³-hybridized carbons (Fsp3) is 0.750. The lowest BCUT2D eigenvalue weighted by Gasteiger charge is -2.15. The number of nitrogens with zero attached hydrogens (tertiary/aromatic N) is 1. The van der Waals surface area contributed by atoms with Gasteiger partial charge in [-0.05, 0) is 13.3 Å². The van der Waals surface area contributed by atoms with E-state index in [2.05, 4.69) is 6.58 Å². The van der Waals surface area contributed by atoms with Crippen LogP contribution >= 0.6 is 0 Å². The summed E-state index contributed by atoms with van der Waals surface area (Å²) >= 11 is 0. The average molecular weight is 205 g/mol. The highest BCUT2D eigenvalue weighted by atomic mass is 32.2. The molecule has 0 aromatic heterocycles. The zero-order valence-electron chi connectivity index (χ0n) is 7.73. The Labute approximate surface area is 78.9 Å². The van der Waals surface area contributed by atoms with E-state index in [9.17, 15) is 8.42 Å². The van der Waals surface area contributed by atoms with E-state index < -0.39 is 16.1 Å². The highest BCUT2D eigenvalue weighted by molar-refractivity contribution is 7.89. The van der Waals surface area contributed by atoms with Crippen molar-refractivity contribution in [2.45, 2.75) is 19.4 Å². The molecule has 0 aromatic rings. The van der Waals surface area contributed by atoms with Crippen LogP contribution in [0, 0.1) is 0 Å². The Morgan fingerprint density at radius 2 is 2.31 bits per heavy atom. The molecule has 1 heterocycles. The van der Waals surface area contributed by atoms with Crippen LogP contribution in [-0.2, 0) is 10.0 Å². The monoisotopic (exact) mass is 205 g/mol. The van der Waals surface area contributed by atoms with Crippen LogP contribution in [0.5, 0.6) is 0 Å². The molecule has 0 saturated carbocycles. The highest BCUT2D eigenvalue weighted by Gasteiger charge is 2.29. The Balaban J connectivity index is 2.65. The first-order valence-corrected chi connectivity index (χ1v) is 5.83. The van der Waals surface area contributed by atoms with E-state index in [4.69, 9.17) is 5.11 Å². The highest BCUT2D eigenvalue weighted by Crippen LogP contribution is 2.15. The van der Waals surface area contributed by atoms with Gasteiger partial charge in [0.25, 0.3) is 0 Å². The fourth-order valence-electron chi connectivity index (χ4n) is 1.37. The van der Waals surface area contributed by atoms with Gasteiger partial charge in [0.1, 0.15) is 0 Å². The lowest BCUT2D eigenvalue weighted by molar-refractivity contribution is 0.189. The van der Waals surface area contributed by atoms with Crippen LogP contribution in [0.4, 0.5) is 0 Å². The van der Waals surface area contributed by atoms with E-state index in [1.165, 1.54) is 4.31 Å². The molecular formula is C8H15NO3S. The number of β-amino-alcohol motifs (C(OH)–C–C–N with tert-alkyl or cyclic N) is 1. The third kappa shape index (κ3) is 2.79. The van der Waals surface area contributed by atoms with E-state index in [0.29, 0.717) is 18.5 Å². The van der Waals surface area contributed by atoms with Gasteiger partial charge in [0.05, 0.1) is 11.9 Å². The maximum atomic E-state index is 11.5. The Kier molecular flexibility index (Phi) is 3.10. The summed E-state index contributed by atoms with van der Waals surface area (Å²) < 4.78 is 24.4. The summed E-state index contributed by atoms with van der Waals surface area (Å²) in [6, 6.07) is 0. The summed E-state index contributed by atoms with van der Waals surface area (Å²) in [5, 5.41) is 9.17. The Morgan fingerprint density at radius 1 is 1.69 bits per heavy atom. The van der Waals surface area contributed by atoms with E-state index in [1.807, 2.05) is 0 Å². The summed E-state index contributed by atoms with van der Waals surface area (Å²) in [5.41, 5.74) is 0.626. The van der Waals surface area contributed by atoms with Crippen LogP contribution in [0.2, 0.25) is 0 Å². The molecule has 0 spiro atoms. The molecule has 0 unspecified atom stereocenters. The fourth-order valence-corrected chi connectivity index (χ4v) is 2.95. The zero-order chi connectivity index (χ0) is 10.1. The molecule has 4 nitrogen and oxygen atoms in total. The number of hydrogen-bond acceptors (Lipinski definition) is 3. The number of aliphatic hydroxyl groups excluding tert-OH is 1.